The minimum Gasteiger partial charge on any atom is -0.497 e. The number of nitrogens with zero attached hydrogens (tertiary/aromatic N) is 1. The lowest BCUT2D eigenvalue weighted by Crippen LogP contribution is -2.25. The minimum absolute atomic E-state index is 0.0779. The van der Waals surface area contributed by atoms with E-state index in [1.54, 1.807) is 14.2 Å². The van der Waals surface area contributed by atoms with Gasteiger partial charge in [0, 0.05) is 13.7 Å². The maximum atomic E-state index is 12.2. The van der Waals surface area contributed by atoms with Gasteiger partial charge in [-0.05, 0) is 31.0 Å². The number of hydrogen-bond acceptors (Lipinski definition) is 5. The number of amides is 1. The number of thiazole rings is 1. The standard InChI is InChI=1S/C16H20N2O3S/c1-11-15(22-14(18-11)10-20-2)16(19)17-9-8-12-4-6-13(21-3)7-5-12/h4-7H,8-10H2,1-3H3,(H,17,19). The molecular formula is C16H20N2O3S. The van der Waals surface area contributed by atoms with Gasteiger partial charge in [0.2, 0.25) is 0 Å². The summed E-state index contributed by atoms with van der Waals surface area (Å²) in [6.45, 7) is 2.86. The number of carbonyl (C=O) groups is 1. The molecular weight excluding hydrogens is 300 g/mol. The molecule has 0 radical (unpaired) electrons. The van der Waals surface area contributed by atoms with E-state index in [2.05, 4.69) is 10.3 Å². The zero-order valence-electron chi connectivity index (χ0n) is 13.0. The molecule has 118 valence electrons. The van der Waals surface area contributed by atoms with Crippen LogP contribution in [0.15, 0.2) is 24.3 Å². The van der Waals surface area contributed by atoms with Crippen molar-refractivity contribution in [2.45, 2.75) is 20.0 Å². The first kappa shape index (κ1) is 16.5. The fraction of sp³-hybridized carbons (Fsp3) is 0.375. The number of aromatic nitrogens is 1. The van der Waals surface area contributed by atoms with Crippen molar-refractivity contribution in [3.05, 3.63) is 45.4 Å². The molecule has 2 rings (SSSR count). The van der Waals surface area contributed by atoms with Crippen LogP contribution < -0.4 is 10.1 Å². The molecule has 1 aromatic carbocycles. The number of nitrogens with one attached hydrogen (secondary N) is 1. The molecule has 22 heavy (non-hydrogen) atoms. The van der Waals surface area contributed by atoms with Crippen LogP contribution in [0.1, 0.15) is 25.9 Å². The normalized spacial score (nSPS) is 10.5. The van der Waals surface area contributed by atoms with Crippen LogP contribution in [0.4, 0.5) is 0 Å². The average molecular weight is 320 g/mol. The van der Waals surface area contributed by atoms with Gasteiger partial charge in [0.15, 0.2) is 0 Å². The molecule has 0 aliphatic rings. The van der Waals surface area contributed by atoms with Crippen LogP contribution in [-0.4, -0.2) is 31.7 Å². The molecule has 0 atom stereocenters. The predicted molar refractivity (Wildman–Crippen MR) is 86.6 cm³/mol. The van der Waals surface area contributed by atoms with Crippen molar-refractivity contribution in [1.82, 2.24) is 10.3 Å². The van der Waals surface area contributed by atoms with Gasteiger partial charge in [-0.2, -0.15) is 0 Å². The Morgan fingerprint density at radius 2 is 2.00 bits per heavy atom. The lowest BCUT2D eigenvalue weighted by atomic mass is 10.1. The van der Waals surface area contributed by atoms with E-state index in [9.17, 15) is 4.79 Å². The summed E-state index contributed by atoms with van der Waals surface area (Å²) in [5.41, 5.74) is 1.90. The van der Waals surface area contributed by atoms with Crippen LogP contribution in [0, 0.1) is 6.92 Å². The summed E-state index contributed by atoms with van der Waals surface area (Å²) < 4.78 is 10.2. The fourth-order valence-electron chi connectivity index (χ4n) is 2.04. The molecule has 6 heteroatoms. The van der Waals surface area contributed by atoms with Gasteiger partial charge in [0.25, 0.3) is 5.91 Å². The number of hydrogen-bond donors (Lipinski definition) is 1. The van der Waals surface area contributed by atoms with Gasteiger partial charge < -0.3 is 14.8 Å². The summed E-state index contributed by atoms with van der Waals surface area (Å²) in [6, 6.07) is 7.84. The van der Waals surface area contributed by atoms with E-state index in [4.69, 9.17) is 9.47 Å². The van der Waals surface area contributed by atoms with E-state index in [0.717, 1.165) is 28.4 Å². The fourth-order valence-corrected chi connectivity index (χ4v) is 2.99. The third-order valence-corrected chi connectivity index (χ3v) is 4.30. The Morgan fingerprint density at radius 3 is 2.64 bits per heavy atom. The van der Waals surface area contributed by atoms with Crippen molar-refractivity contribution in [3.8, 4) is 5.75 Å². The largest absolute Gasteiger partial charge is 0.497 e. The summed E-state index contributed by atoms with van der Waals surface area (Å²) in [5, 5.41) is 3.75. The quantitative estimate of drug-likeness (QED) is 0.852. The first-order valence-electron chi connectivity index (χ1n) is 7.00. The second-order valence-corrected chi connectivity index (χ2v) is 5.89. The average Bonchev–Trinajstić information content (AvgIpc) is 2.89. The van der Waals surface area contributed by atoms with Gasteiger partial charge in [-0.15, -0.1) is 11.3 Å². The maximum absolute atomic E-state index is 12.2. The van der Waals surface area contributed by atoms with Gasteiger partial charge in [-0.3, -0.25) is 4.79 Å². The van der Waals surface area contributed by atoms with E-state index >= 15 is 0 Å². The minimum atomic E-state index is -0.0779. The molecule has 1 N–H and O–H groups in total. The van der Waals surface area contributed by atoms with E-state index in [0.29, 0.717) is 18.0 Å². The Kier molecular flexibility index (Phi) is 5.91. The second-order valence-electron chi connectivity index (χ2n) is 4.81. The molecule has 0 saturated heterocycles. The third kappa shape index (κ3) is 4.29. The first-order valence-corrected chi connectivity index (χ1v) is 7.82. The highest BCUT2D eigenvalue weighted by molar-refractivity contribution is 7.13. The first-order chi connectivity index (χ1) is 10.6. The molecule has 2 aromatic rings. The summed E-state index contributed by atoms with van der Waals surface area (Å²) in [7, 11) is 3.26. The van der Waals surface area contributed by atoms with E-state index in [1.807, 2.05) is 31.2 Å². The Hall–Kier alpha value is -1.92. The lowest BCUT2D eigenvalue weighted by molar-refractivity contribution is 0.0957. The van der Waals surface area contributed by atoms with Crippen molar-refractivity contribution in [2.75, 3.05) is 20.8 Å². The Morgan fingerprint density at radius 1 is 1.27 bits per heavy atom. The molecule has 0 fully saturated rings. The predicted octanol–water partition coefficient (Wildman–Crippen LogP) is 2.58. The summed E-state index contributed by atoms with van der Waals surface area (Å²) in [4.78, 5) is 17.2. The number of carbonyl (C=O) groups excluding carboxylic acids is 1. The molecule has 0 bridgehead atoms. The second kappa shape index (κ2) is 7.91. The van der Waals surface area contributed by atoms with Gasteiger partial charge in [0.1, 0.15) is 15.6 Å². The Balaban J connectivity index is 1.86. The summed E-state index contributed by atoms with van der Waals surface area (Å²) in [5.74, 6) is 0.754. The van der Waals surface area contributed by atoms with Crippen LogP contribution >= 0.6 is 11.3 Å². The van der Waals surface area contributed by atoms with Crippen LogP contribution in [-0.2, 0) is 17.8 Å². The molecule has 0 spiro atoms. The van der Waals surface area contributed by atoms with Gasteiger partial charge >= 0.3 is 0 Å². The molecule has 0 saturated carbocycles. The van der Waals surface area contributed by atoms with Crippen molar-refractivity contribution in [1.29, 1.82) is 0 Å². The number of rotatable bonds is 7. The van der Waals surface area contributed by atoms with Crippen LogP contribution in [0.2, 0.25) is 0 Å². The van der Waals surface area contributed by atoms with Crippen molar-refractivity contribution in [2.24, 2.45) is 0 Å². The van der Waals surface area contributed by atoms with Crippen LogP contribution in [0.25, 0.3) is 0 Å². The van der Waals surface area contributed by atoms with E-state index in [-0.39, 0.29) is 5.91 Å². The number of aryl methyl sites for hydroxylation is 1. The molecule has 0 aliphatic carbocycles. The smallest absolute Gasteiger partial charge is 0.263 e. The summed E-state index contributed by atoms with van der Waals surface area (Å²) in [6.07, 6.45) is 0.776. The molecule has 0 aliphatic heterocycles. The van der Waals surface area contributed by atoms with Crippen LogP contribution in [0.5, 0.6) is 5.75 Å². The SMILES string of the molecule is COCc1nc(C)c(C(=O)NCCc2ccc(OC)cc2)s1. The Bertz CT molecular complexity index is 623. The number of ether oxygens (including phenoxy) is 2. The number of methoxy groups -OCH3 is 2. The lowest BCUT2D eigenvalue weighted by Gasteiger charge is -2.05. The van der Waals surface area contributed by atoms with Crippen molar-refractivity contribution < 1.29 is 14.3 Å². The monoisotopic (exact) mass is 320 g/mol. The van der Waals surface area contributed by atoms with Gasteiger partial charge in [0.05, 0.1) is 19.4 Å². The maximum Gasteiger partial charge on any atom is 0.263 e. The molecule has 1 aromatic heterocycles. The third-order valence-electron chi connectivity index (χ3n) is 3.17. The van der Waals surface area contributed by atoms with Gasteiger partial charge in [-0.25, -0.2) is 4.98 Å². The van der Waals surface area contributed by atoms with Crippen molar-refractivity contribution >= 4 is 17.2 Å². The van der Waals surface area contributed by atoms with Crippen molar-refractivity contribution in [3.63, 3.8) is 0 Å². The van der Waals surface area contributed by atoms with Gasteiger partial charge in [-0.1, -0.05) is 12.1 Å². The van der Waals surface area contributed by atoms with Crippen LogP contribution in [0.3, 0.4) is 0 Å². The topological polar surface area (TPSA) is 60.5 Å². The zero-order chi connectivity index (χ0) is 15.9. The molecule has 1 amide bonds. The molecule has 0 unspecified atom stereocenters. The molecule has 5 nitrogen and oxygen atoms in total. The number of benzene rings is 1. The summed E-state index contributed by atoms with van der Waals surface area (Å²) >= 11 is 1.38. The van der Waals surface area contributed by atoms with E-state index < -0.39 is 0 Å². The highest BCUT2D eigenvalue weighted by Gasteiger charge is 2.14. The van der Waals surface area contributed by atoms with E-state index in [1.165, 1.54) is 11.3 Å². The highest BCUT2D eigenvalue weighted by Crippen LogP contribution is 2.18. The molecule has 1 heterocycles. The zero-order valence-corrected chi connectivity index (χ0v) is 13.8. The Labute approximate surface area is 134 Å². The highest BCUT2D eigenvalue weighted by atomic mass is 32.1.